The summed E-state index contributed by atoms with van der Waals surface area (Å²) in [6.07, 6.45) is 1.40. The minimum Gasteiger partial charge on any atom is -0.433 e. The van der Waals surface area contributed by atoms with Crippen LogP contribution in [-0.2, 0) is 10.0 Å². The minimum absolute atomic E-state index is 0.0551. The van der Waals surface area contributed by atoms with Gasteiger partial charge in [0.15, 0.2) is 0 Å². The van der Waals surface area contributed by atoms with Gasteiger partial charge in [0.2, 0.25) is 0 Å². The van der Waals surface area contributed by atoms with Crippen LogP contribution in [0.15, 0.2) is 60.0 Å². The predicted octanol–water partition coefficient (Wildman–Crippen LogP) is 3.70. The molecular weight excluding hydrogens is 312 g/mol. The highest BCUT2D eigenvalue weighted by atomic mass is 32.2. The lowest BCUT2D eigenvalue weighted by Gasteiger charge is -2.11. The summed E-state index contributed by atoms with van der Waals surface area (Å²) >= 11 is 0. The van der Waals surface area contributed by atoms with Gasteiger partial charge in [0, 0.05) is 0 Å². The van der Waals surface area contributed by atoms with Crippen molar-refractivity contribution in [1.29, 1.82) is 0 Å². The maximum absolute atomic E-state index is 12.3. The molecule has 0 saturated heterocycles. The number of halogens is 2. The Bertz CT molecular complexity index is 746. The molecular formula is C15H13F2NO3S. The zero-order valence-corrected chi connectivity index (χ0v) is 12.1. The van der Waals surface area contributed by atoms with Gasteiger partial charge in [-0.15, -0.1) is 0 Å². The van der Waals surface area contributed by atoms with Gasteiger partial charge in [-0.2, -0.15) is 8.78 Å². The van der Waals surface area contributed by atoms with Crippen molar-refractivity contribution in [1.82, 2.24) is 0 Å². The molecule has 2 rings (SSSR count). The molecule has 0 atom stereocenters. The van der Waals surface area contributed by atoms with E-state index < -0.39 is 16.6 Å². The third kappa shape index (κ3) is 4.85. The minimum atomic E-state index is -3.85. The third-order valence-corrected chi connectivity index (χ3v) is 3.59. The fourth-order valence-corrected chi connectivity index (χ4v) is 2.55. The molecule has 4 nitrogen and oxygen atoms in total. The highest BCUT2D eigenvalue weighted by Crippen LogP contribution is 2.26. The quantitative estimate of drug-likeness (QED) is 0.881. The zero-order valence-electron chi connectivity index (χ0n) is 11.3. The molecule has 116 valence electrons. The standard InChI is InChI=1S/C15H13F2NO3S/c16-15(17)21-14-9-5-4-8-13(14)18-22(19,20)11-10-12-6-2-1-3-7-12/h1-11,15,18H/b11-10+. The first-order valence-electron chi connectivity index (χ1n) is 6.26. The van der Waals surface area contributed by atoms with E-state index in [2.05, 4.69) is 9.46 Å². The van der Waals surface area contributed by atoms with Crippen LogP contribution >= 0.6 is 0 Å². The van der Waals surface area contributed by atoms with Crippen molar-refractivity contribution in [2.75, 3.05) is 4.72 Å². The first-order chi connectivity index (χ1) is 10.5. The molecule has 0 radical (unpaired) electrons. The molecule has 1 N–H and O–H groups in total. The van der Waals surface area contributed by atoms with Gasteiger partial charge in [0.1, 0.15) is 5.75 Å². The van der Waals surface area contributed by atoms with Gasteiger partial charge >= 0.3 is 6.61 Å². The molecule has 0 saturated carbocycles. The lowest BCUT2D eigenvalue weighted by molar-refractivity contribution is -0.0493. The van der Waals surface area contributed by atoms with Crippen molar-refractivity contribution in [2.24, 2.45) is 0 Å². The summed E-state index contributed by atoms with van der Waals surface area (Å²) < 4.78 is 55.0. The van der Waals surface area contributed by atoms with Crippen LogP contribution in [-0.4, -0.2) is 15.0 Å². The molecule has 0 heterocycles. The number of benzene rings is 2. The van der Waals surface area contributed by atoms with Gasteiger partial charge in [0.25, 0.3) is 10.0 Å². The van der Waals surface area contributed by atoms with Crippen LogP contribution in [0.5, 0.6) is 5.75 Å². The number of para-hydroxylation sites is 2. The van der Waals surface area contributed by atoms with Crippen molar-refractivity contribution in [3.8, 4) is 5.75 Å². The number of rotatable bonds is 6. The van der Waals surface area contributed by atoms with Crippen LogP contribution in [0.25, 0.3) is 6.08 Å². The van der Waals surface area contributed by atoms with Crippen molar-refractivity contribution in [2.45, 2.75) is 6.61 Å². The maximum atomic E-state index is 12.3. The van der Waals surface area contributed by atoms with E-state index >= 15 is 0 Å². The second-order valence-electron chi connectivity index (χ2n) is 4.24. The van der Waals surface area contributed by atoms with Crippen molar-refractivity contribution >= 4 is 21.8 Å². The van der Waals surface area contributed by atoms with Crippen LogP contribution in [0.3, 0.4) is 0 Å². The molecule has 7 heteroatoms. The highest BCUT2D eigenvalue weighted by molar-refractivity contribution is 7.95. The summed E-state index contributed by atoms with van der Waals surface area (Å²) in [6, 6.07) is 14.4. The molecule has 0 fully saturated rings. The molecule has 0 aliphatic carbocycles. The molecule has 0 aliphatic rings. The van der Waals surface area contributed by atoms with Gasteiger partial charge in [0.05, 0.1) is 11.1 Å². The molecule has 0 amide bonds. The van der Waals surface area contributed by atoms with Crippen LogP contribution in [0, 0.1) is 0 Å². The second-order valence-corrected chi connectivity index (χ2v) is 5.80. The Hall–Kier alpha value is -2.41. The number of nitrogens with one attached hydrogen (secondary N) is 1. The number of sulfonamides is 1. The van der Waals surface area contributed by atoms with Gasteiger partial charge in [-0.1, -0.05) is 42.5 Å². The van der Waals surface area contributed by atoms with E-state index in [1.165, 1.54) is 30.3 Å². The largest absolute Gasteiger partial charge is 0.433 e. The molecule has 0 spiro atoms. The van der Waals surface area contributed by atoms with Crippen molar-refractivity contribution < 1.29 is 21.9 Å². The summed E-state index contributed by atoms with van der Waals surface area (Å²) in [7, 11) is -3.85. The smallest absolute Gasteiger partial charge is 0.387 e. The molecule has 22 heavy (non-hydrogen) atoms. The van der Waals surface area contributed by atoms with Crippen molar-refractivity contribution in [3.63, 3.8) is 0 Å². The lowest BCUT2D eigenvalue weighted by Crippen LogP contribution is -2.11. The van der Waals surface area contributed by atoms with Crippen LogP contribution in [0.4, 0.5) is 14.5 Å². The van der Waals surface area contributed by atoms with Gasteiger partial charge in [-0.3, -0.25) is 4.72 Å². The fourth-order valence-electron chi connectivity index (χ4n) is 1.67. The predicted molar refractivity (Wildman–Crippen MR) is 81.1 cm³/mol. The zero-order chi connectivity index (χ0) is 16.0. The number of hydrogen-bond donors (Lipinski definition) is 1. The SMILES string of the molecule is O=S(=O)(/C=C/c1ccccc1)Nc1ccccc1OC(F)F. The maximum Gasteiger partial charge on any atom is 0.387 e. The fraction of sp³-hybridized carbons (Fsp3) is 0.0667. The number of ether oxygens (including phenoxy) is 1. The van der Waals surface area contributed by atoms with Gasteiger partial charge in [-0.05, 0) is 23.8 Å². The number of hydrogen-bond acceptors (Lipinski definition) is 3. The number of alkyl halides is 2. The Morgan fingerprint density at radius 3 is 2.32 bits per heavy atom. The average Bonchev–Trinajstić information content (AvgIpc) is 2.48. The van der Waals surface area contributed by atoms with E-state index in [0.29, 0.717) is 5.56 Å². The summed E-state index contributed by atoms with van der Waals surface area (Å²) in [5, 5.41) is 0.960. The molecule has 0 unspecified atom stereocenters. The summed E-state index contributed by atoms with van der Waals surface area (Å²) in [5.41, 5.74) is 0.644. The van der Waals surface area contributed by atoms with E-state index in [0.717, 1.165) is 5.41 Å². The number of anilines is 1. The Morgan fingerprint density at radius 2 is 1.64 bits per heavy atom. The van der Waals surface area contributed by atoms with Gasteiger partial charge in [-0.25, -0.2) is 8.42 Å². The van der Waals surface area contributed by atoms with Crippen LogP contribution in [0.1, 0.15) is 5.56 Å². The monoisotopic (exact) mass is 325 g/mol. The molecule has 0 aromatic heterocycles. The lowest BCUT2D eigenvalue weighted by atomic mass is 10.2. The van der Waals surface area contributed by atoms with Gasteiger partial charge < -0.3 is 4.74 Å². The highest BCUT2D eigenvalue weighted by Gasteiger charge is 2.13. The van der Waals surface area contributed by atoms with Crippen LogP contribution < -0.4 is 9.46 Å². The third-order valence-electron chi connectivity index (χ3n) is 2.59. The molecule has 0 bridgehead atoms. The summed E-state index contributed by atoms with van der Waals surface area (Å²) in [5.74, 6) is -0.241. The summed E-state index contributed by atoms with van der Waals surface area (Å²) in [4.78, 5) is 0. The van der Waals surface area contributed by atoms with E-state index in [1.807, 2.05) is 6.07 Å². The first-order valence-corrected chi connectivity index (χ1v) is 7.81. The Morgan fingerprint density at radius 1 is 1.00 bits per heavy atom. The second kappa shape index (κ2) is 7.04. The topological polar surface area (TPSA) is 55.4 Å². The normalized spacial score (nSPS) is 11.8. The Kier molecular flexibility index (Phi) is 5.11. The van der Waals surface area contributed by atoms with Crippen LogP contribution in [0.2, 0.25) is 0 Å². The Balaban J connectivity index is 2.17. The van der Waals surface area contributed by atoms with E-state index in [9.17, 15) is 17.2 Å². The van der Waals surface area contributed by atoms with E-state index in [1.54, 1.807) is 24.3 Å². The summed E-state index contributed by atoms with van der Waals surface area (Å²) in [6.45, 7) is -3.04. The average molecular weight is 325 g/mol. The molecule has 2 aromatic carbocycles. The molecule has 2 aromatic rings. The molecule has 0 aliphatic heterocycles. The van der Waals surface area contributed by atoms with E-state index in [4.69, 9.17) is 0 Å². The van der Waals surface area contributed by atoms with E-state index in [-0.39, 0.29) is 11.4 Å². The first kappa shape index (κ1) is 16.0. The van der Waals surface area contributed by atoms with Crippen molar-refractivity contribution in [3.05, 3.63) is 65.6 Å². The Labute approximate surface area is 127 Å².